The van der Waals surface area contributed by atoms with Crippen molar-refractivity contribution in [2.45, 2.75) is 24.4 Å². The van der Waals surface area contributed by atoms with Gasteiger partial charge in [-0.3, -0.25) is 14.4 Å². The first-order chi connectivity index (χ1) is 20.8. The molecule has 3 heterocycles. The summed E-state index contributed by atoms with van der Waals surface area (Å²) >= 11 is 6.33. The number of nitrogens with zero attached hydrogens (tertiary/aromatic N) is 4. The number of carbonyl (C=O) groups excluding carboxylic acids is 2. The zero-order valence-electron chi connectivity index (χ0n) is 22.1. The number of aromatic nitrogens is 2. The van der Waals surface area contributed by atoms with Crippen LogP contribution in [0.5, 0.6) is 0 Å². The van der Waals surface area contributed by atoms with Crippen LogP contribution in [0.4, 0.5) is 38.1 Å². The second kappa shape index (κ2) is 10.3. The van der Waals surface area contributed by atoms with E-state index in [1.807, 2.05) is 6.07 Å². The molecule has 3 N–H and O–H groups in total. The molecule has 0 saturated carbocycles. The molecule has 2 atom stereocenters. The Balaban J connectivity index is 1.45. The summed E-state index contributed by atoms with van der Waals surface area (Å²) in [6.45, 7) is -1.25. The van der Waals surface area contributed by atoms with Crippen LogP contribution >= 0.6 is 11.6 Å². The number of rotatable bonds is 4. The first-order valence-electron chi connectivity index (χ1n) is 12.8. The molecule has 0 unspecified atom stereocenters. The van der Waals surface area contributed by atoms with E-state index >= 15 is 0 Å². The quantitative estimate of drug-likeness (QED) is 0.262. The number of amides is 3. The highest BCUT2D eigenvalue weighted by Crippen LogP contribution is 2.49. The summed E-state index contributed by atoms with van der Waals surface area (Å²) < 4.78 is 71.6. The van der Waals surface area contributed by atoms with Gasteiger partial charge in [0.25, 0.3) is 5.91 Å². The first kappa shape index (κ1) is 29.1. The maximum absolute atomic E-state index is 14.2. The molecular weight excluding hydrogens is 611 g/mol. The number of urea groups is 1. The van der Waals surface area contributed by atoms with Crippen LogP contribution < -0.4 is 15.5 Å². The number of hydrogen-bond donors (Lipinski definition) is 3. The predicted molar refractivity (Wildman–Crippen MR) is 146 cm³/mol. The average Bonchev–Trinajstić information content (AvgIpc) is 3.64. The van der Waals surface area contributed by atoms with E-state index in [-0.39, 0.29) is 45.2 Å². The molecule has 0 fully saturated rings. The molecule has 3 amide bonds. The minimum Gasteiger partial charge on any atom is -0.375 e. The lowest BCUT2D eigenvalue weighted by atomic mass is 9.94. The van der Waals surface area contributed by atoms with Crippen molar-refractivity contribution in [3.63, 3.8) is 0 Å². The lowest BCUT2D eigenvalue weighted by molar-refractivity contribution is -0.258. The Morgan fingerprint density at radius 3 is 2.61 bits per heavy atom. The zero-order chi connectivity index (χ0) is 31.6. The third-order valence-electron chi connectivity index (χ3n) is 7.46. The third kappa shape index (κ3) is 4.80. The number of anilines is 2. The molecule has 1 aromatic heterocycles. The summed E-state index contributed by atoms with van der Waals surface area (Å²) in [6.07, 6.45) is -2.49. The van der Waals surface area contributed by atoms with E-state index in [2.05, 4.69) is 15.7 Å². The van der Waals surface area contributed by atoms with E-state index in [0.29, 0.717) is 16.5 Å². The van der Waals surface area contributed by atoms with Crippen molar-refractivity contribution in [2.75, 3.05) is 16.8 Å². The lowest BCUT2D eigenvalue weighted by Crippen LogP contribution is -2.48. The van der Waals surface area contributed by atoms with E-state index in [4.69, 9.17) is 16.9 Å². The number of halogens is 6. The highest BCUT2D eigenvalue weighted by atomic mass is 35.5. The van der Waals surface area contributed by atoms with Gasteiger partial charge in [0.15, 0.2) is 0 Å². The molecule has 224 valence electrons. The van der Waals surface area contributed by atoms with Gasteiger partial charge in [-0.2, -0.15) is 23.5 Å². The topological polar surface area (TPSA) is 123 Å². The normalized spacial score (nSPS) is 18.9. The Morgan fingerprint density at radius 2 is 1.91 bits per heavy atom. The maximum Gasteiger partial charge on any atom is 0.423 e. The average molecular weight is 629 g/mol. The minimum atomic E-state index is -5.26. The fraction of sp³-hybridized carbons (Fsp3) is 0.172. The van der Waals surface area contributed by atoms with Crippen LogP contribution in [0, 0.1) is 23.0 Å². The van der Waals surface area contributed by atoms with Crippen molar-refractivity contribution >= 4 is 34.9 Å². The number of aliphatic hydroxyl groups is 1. The number of fused-ring (bicyclic) bond motifs is 2. The summed E-state index contributed by atoms with van der Waals surface area (Å²) in [6, 6.07) is 8.49. The molecule has 0 radical (unpaired) electrons. The Bertz CT molecular complexity index is 1910. The Morgan fingerprint density at radius 1 is 1.18 bits per heavy atom. The van der Waals surface area contributed by atoms with Gasteiger partial charge in [-0.15, -0.1) is 0 Å². The van der Waals surface area contributed by atoms with Crippen LogP contribution in [0.1, 0.15) is 44.2 Å². The van der Waals surface area contributed by atoms with Crippen LogP contribution in [0.2, 0.25) is 5.02 Å². The van der Waals surface area contributed by atoms with Gasteiger partial charge < -0.3 is 15.7 Å². The summed E-state index contributed by atoms with van der Waals surface area (Å²) in [5, 5.41) is 29.1. The fourth-order valence-corrected chi connectivity index (χ4v) is 5.66. The summed E-state index contributed by atoms with van der Waals surface area (Å²) in [5.41, 5.74) is -3.77. The molecule has 0 saturated heterocycles. The third-order valence-corrected chi connectivity index (χ3v) is 7.81. The van der Waals surface area contributed by atoms with Crippen molar-refractivity contribution in [2.24, 2.45) is 0 Å². The van der Waals surface area contributed by atoms with Gasteiger partial charge >= 0.3 is 12.2 Å². The van der Waals surface area contributed by atoms with Gasteiger partial charge in [-0.05, 0) is 54.1 Å². The Kier molecular flexibility index (Phi) is 6.82. The van der Waals surface area contributed by atoms with Gasteiger partial charge in [0.05, 0.1) is 36.6 Å². The monoisotopic (exact) mass is 628 g/mol. The first-order valence-corrected chi connectivity index (χ1v) is 13.2. The summed E-state index contributed by atoms with van der Waals surface area (Å²) in [7, 11) is 0. The summed E-state index contributed by atoms with van der Waals surface area (Å²) in [4.78, 5) is 27.4. The number of benzene rings is 3. The minimum absolute atomic E-state index is 0.0240. The van der Waals surface area contributed by atoms with Crippen molar-refractivity contribution in [1.82, 2.24) is 15.1 Å². The maximum atomic E-state index is 14.2. The smallest absolute Gasteiger partial charge is 0.375 e. The van der Waals surface area contributed by atoms with E-state index in [9.17, 15) is 36.6 Å². The highest BCUT2D eigenvalue weighted by molar-refractivity contribution is 6.31. The van der Waals surface area contributed by atoms with Gasteiger partial charge in [0.1, 0.15) is 17.7 Å². The zero-order valence-corrected chi connectivity index (χ0v) is 22.8. The summed E-state index contributed by atoms with van der Waals surface area (Å²) in [5.74, 6) is -2.31. The Hall–Kier alpha value is -5.00. The molecule has 44 heavy (non-hydrogen) atoms. The number of hydrogen-bond acceptors (Lipinski definition) is 5. The molecule has 15 heteroatoms. The predicted octanol–water partition coefficient (Wildman–Crippen LogP) is 5.37. The van der Waals surface area contributed by atoms with Crippen LogP contribution in [0.15, 0.2) is 60.9 Å². The van der Waals surface area contributed by atoms with Crippen LogP contribution in [-0.4, -0.2) is 39.5 Å². The second-order valence-electron chi connectivity index (χ2n) is 10.3. The number of β-amino-alcohol motifs (C(OH)–C–C–N with tert-alkyl or cyclic N) is 1. The molecule has 0 spiro atoms. The number of alkyl halides is 3. The lowest BCUT2D eigenvalue weighted by Gasteiger charge is -2.27. The van der Waals surface area contributed by atoms with E-state index < -0.39 is 53.5 Å². The molecule has 6 rings (SSSR count). The molecule has 0 bridgehead atoms. The van der Waals surface area contributed by atoms with Crippen LogP contribution in [-0.2, 0) is 12.1 Å². The standard InChI is InChI=1S/C29H18ClF5N6O3/c30-21-3-1-16(31)7-18(21)25-24-19(26(42)39-25)5-14(11-40-12-15(9-36)10-37-40)6-22(24)38-27(43)41-13-28(44,29(33,34)35)20-8-17(32)2-4-23(20)41/h1-8,10,12,25,44H,11,13H2,(H,38,43)(H,39,42)/t25-,28-/m0/s1. The molecule has 0 aliphatic carbocycles. The molecule has 2 aliphatic heterocycles. The van der Waals surface area contributed by atoms with Crippen molar-refractivity contribution in [1.29, 1.82) is 5.26 Å². The number of nitrogens with one attached hydrogen (secondary N) is 2. The molecule has 9 nitrogen and oxygen atoms in total. The van der Waals surface area contributed by atoms with Gasteiger partial charge in [-0.1, -0.05) is 11.6 Å². The van der Waals surface area contributed by atoms with Gasteiger partial charge in [0.2, 0.25) is 5.60 Å². The van der Waals surface area contributed by atoms with Crippen molar-refractivity contribution in [3.05, 3.63) is 111 Å². The molecule has 2 aliphatic rings. The highest BCUT2D eigenvalue weighted by Gasteiger charge is 2.61. The second-order valence-corrected chi connectivity index (χ2v) is 10.7. The van der Waals surface area contributed by atoms with E-state index in [1.54, 1.807) is 0 Å². The largest absolute Gasteiger partial charge is 0.423 e. The van der Waals surface area contributed by atoms with E-state index in [1.165, 1.54) is 35.3 Å². The number of nitriles is 1. The van der Waals surface area contributed by atoms with Gasteiger partial charge in [0, 0.05) is 39.2 Å². The van der Waals surface area contributed by atoms with Crippen LogP contribution in [0.25, 0.3) is 0 Å². The number of carbonyl (C=O) groups is 2. The van der Waals surface area contributed by atoms with Crippen LogP contribution in [0.3, 0.4) is 0 Å². The van der Waals surface area contributed by atoms with Crippen molar-refractivity contribution < 1.29 is 36.6 Å². The molecular formula is C29H18ClF5N6O3. The van der Waals surface area contributed by atoms with Crippen molar-refractivity contribution in [3.8, 4) is 6.07 Å². The van der Waals surface area contributed by atoms with Gasteiger partial charge in [-0.25, -0.2) is 13.6 Å². The Labute approximate surface area is 250 Å². The molecule has 3 aromatic carbocycles. The molecule has 4 aromatic rings. The SMILES string of the molecule is N#Cc1cnn(Cc2cc(NC(=O)N3C[C@@](O)(C(F)(F)F)c4cc(F)ccc43)c3c(c2)C(=O)N[C@H]3c2cc(F)ccc2Cl)c1. The van der Waals surface area contributed by atoms with E-state index in [0.717, 1.165) is 24.3 Å². The fourth-order valence-electron chi connectivity index (χ4n) is 5.43.